The first-order valence-corrected chi connectivity index (χ1v) is 8.57. The highest BCUT2D eigenvalue weighted by Gasteiger charge is 2.65. The van der Waals surface area contributed by atoms with Crippen LogP contribution < -0.4 is 0 Å². The van der Waals surface area contributed by atoms with Gasteiger partial charge in [-0.3, -0.25) is 0 Å². The summed E-state index contributed by atoms with van der Waals surface area (Å²) in [5.74, 6) is 2.10. The summed E-state index contributed by atoms with van der Waals surface area (Å²) in [6.07, 6.45) is 12.2. The number of quaternary nitrogens is 1. The Kier molecular flexibility index (Phi) is 2.27. The summed E-state index contributed by atoms with van der Waals surface area (Å²) in [6, 6.07) is 0. The lowest BCUT2D eigenvalue weighted by atomic mass is 9.42. The zero-order chi connectivity index (χ0) is 13.5. The number of rotatable bonds is 3. The van der Waals surface area contributed by atoms with Crippen LogP contribution in [0.2, 0.25) is 0 Å². The van der Waals surface area contributed by atoms with E-state index >= 15 is 0 Å². The van der Waals surface area contributed by atoms with Crippen LogP contribution in [-0.4, -0.2) is 30.7 Å². The Hall–Kier alpha value is -0.0400. The maximum absolute atomic E-state index is 2.61. The molecule has 108 valence electrons. The fraction of sp³-hybridized carbons (Fsp3) is 1.00. The number of hydrogen-bond acceptors (Lipinski definition) is 0. The van der Waals surface area contributed by atoms with Gasteiger partial charge in [0.15, 0.2) is 0 Å². The Morgan fingerprint density at radius 2 is 1.47 bits per heavy atom. The van der Waals surface area contributed by atoms with Crippen molar-refractivity contribution in [3.05, 3.63) is 0 Å². The van der Waals surface area contributed by atoms with Gasteiger partial charge >= 0.3 is 0 Å². The van der Waals surface area contributed by atoms with Crippen LogP contribution in [0.4, 0.5) is 0 Å². The largest absolute Gasteiger partial charge is 0.323 e. The molecule has 5 aliphatic rings. The first kappa shape index (κ1) is 12.7. The quantitative estimate of drug-likeness (QED) is 0.668. The monoisotopic (exact) mass is 262 g/mol. The van der Waals surface area contributed by atoms with Gasteiger partial charge in [0.05, 0.1) is 20.6 Å². The second-order valence-electron chi connectivity index (χ2n) is 10.2. The first-order valence-electron chi connectivity index (χ1n) is 8.57. The van der Waals surface area contributed by atoms with Gasteiger partial charge in [-0.2, -0.15) is 0 Å². The molecule has 5 saturated carbocycles. The van der Waals surface area contributed by atoms with E-state index < -0.39 is 0 Å². The molecule has 1 heteroatoms. The molecule has 2 atom stereocenters. The third kappa shape index (κ3) is 1.83. The van der Waals surface area contributed by atoms with Crippen molar-refractivity contribution in [3.63, 3.8) is 0 Å². The lowest BCUT2D eigenvalue weighted by molar-refractivity contribution is -0.950. The van der Waals surface area contributed by atoms with Crippen molar-refractivity contribution < 1.29 is 4.48 Å². The van der Waals surface area contributed by atoms with Crippen LogP contribution in [0.25, 0.3) is 0 Å². The predicted octanol–water partition coefficient (Wildman–Crippen LogP) is 4.22. The Morgan fingerprint density at radius 1 is 0.895 bits per heavy atom. The molecular weight excluding hydrogens is 230 g/mol. The second-order valence-corrected chi connectivity index (χ2v) is 10.2. The number of hydrogen-bond donors (Lipinski definition) is 0. The molecule has 5 rings (SSSR count). The van der Waals surface area contributed by atoms with Gasteiger partial charge in [-0.05, 0) is 48.9 Å². The van der Waals surface area contributed by atoms with E-state index in [2.05, 4.69) is 27.9 Å². The third-order valence-electron chi connectivity index (χ3n) is 7.29. The van der Waals surface area contributed by atoms with Crippen LogP contribution in [-0.2, 0) is 0 Å². The predicted molar refractivity (Wildman–Crippen MR) is 79.8 cm³/mol. The van der Waals surface area contributed by atoms with Crippen molar-refractivity contribution in [1.29, 1.82) is 0 Å². The fourth-order valence-electron chi connectivity index (χ4n) is 7.20. The van der Waals surface area contributed by atoms with Gasteiger partial charge in [-0.15, -0.1) is 0 Å². The van der Waals surface area contributed by atoms with Crippen molar-refractivity contribution >= 4 is 0 Å². The van der Waals surface area contributed by atoms with Crippen molar-refractivity contribution in [2.24, 2.45) is 22.7 Å². The topological polar surface area (TPSA) is 0 Å². The molecule has 0 N–H and O–H groups in total. The molecule has 0 spiro atoms. The molecule has 2 unspecified atom stereocenters. The average molecular weight is 262 g/mol. The summed E-state index contributed by atoms with van der Waals surface area (Å²) < 4.78 is 1.33. The van der Waals surface area contributed by atoms with Crippen molar-refractivity contribution in [2.75, 3.05) is 20.6 Å². The average Bonchev–Trinajstić information content (AvgIpc) is 2.94. The van der Waals surface area contributed by atoms with Crippen molar-refractivity contribution in [2.45, 2.75) is 70.8 Å². The maximum atomic E-state index is 2.61. The highest BCUT2D eigenvalue weighted by atomic mass is 15.4. The lowest BCUT2D eigenvalue weighted by Gasteiger charge is -2.68. The minimum Gasteiger partial charge on any atom is -0.323 e. The van der Waals surface area contributed by atoms with Gasteiger partial charge in [0.1, 0.15) is 5.54 Å². The zero-order valence-corrected chi connectivity index (χ0v) is 13.5. The van der Waals surface area contributed by atoms with E-state index in [1.165, 1.54) is 62.4 Å². The molecule has 19 heavy (non-hydrogen) atoms. The van der Waals surface area contributed by atoms with Crippen LogP contribution in [0.3, 0.4) is 0 Å². The summed E-state index contributed by atoms with van der Waals surface area (Å²) in [6.45, 7) is 6.68. The van der Waals surface area contributed by atoms with Gasteiger partial charge in [0, 0.05) is 25.2 Å². The maximum Gasteiger partial charge on any atom is 0.100 e. The summed E-state index contributed by atoms with van der Waals surface area (Å²) in [7, 11) is 5.14. The van der Waals surface area contributed by atoms with Crippen molar-refractivity contribution in [1.82, 2.24) is 0 Å². The summed E-state index contributed by atoms with van der Waals surface area (Å²) in [4.78, 5) is 0. The molecule has 0 radical (unpaired) electrons. The summed E-state index contributed by atoms with van der Waals surface area (Å²) >= 11 is 0. The smallest absolute Gasteiger partial charge is 0.100 e. The van der Waals surface area contributed by atoms with E-state index in [0.717, 1.165) is 11.8 Å². The van der Waals surface area contributed by atoms with Gasteiger partial charge in [0.2, 0.25) is 0 Å². The Morgan fingerprint density at radius 3 is 1.95 bits per heavy atom. The highest BCUT2D eigenvalue weighted by Crippen LogP contribution is 2.68. The molecule has 4 bridgehead atoms. The SMILES string of the molecule is CC12CC3CC(C)(C1)CC([N+](C)(C)CC1CC1)(C3)C2. The molecule has 0 aliphatic heterocycles. The molecule has 0 amide bonds. The molecule has 5 aliphatic carbocycles. The Bertz CT molecular complexity index is 388. The van der Waals surface area contributed by atoms with Crippen molar-refractivity contribution in [3.8, 4) is 0 Å². The van der Waals surface area contributed by atoms with Crippen LogP contribution in [0.5, 0.6) is 0 Å². The molecule has 5 fully saturated rings. The summed E-state index contributed by atoms with van der Waals surface area (Å²) in [5, 5.41) is 0. The first-order chi connectivity index (χ1) is 8.74. The van der Waals surface area contributed by atoms with E-state index in [0.29, 0.717) is 16.4 Å². The van der Waals surface area contributed by atoms with Gasteiger partial charge < -0.3 is 4.48 Å². The Balaban J connectivity index is 1.69. The van der Waals surface area contributed by atoms with E-state index in [1.54, 1.807) is 0 Å². The third-order valence-corrected chi connectivity index (χ3v) is 7.29. The molecular formula is C18H32N+. The van der Waals surface area contributed by atoms with Crippen LogP contribution in [0, 0.1) is 22.7 Å². The minimum absolute atomic E-state index is 0.630. The molecule has 0 aromatic heterocycles. The normalized spacial score (nSPS) is 52.7. The van der Waals surface area contributed by atoms with E-state index in [4.69, 9.17) is 0 Å². The van der Waals surface area contributed by atoms with Gasteiger partial charge in [-0.1, -0.05) is 13.8 Å². The van der Waals surface area contributed by atoms with Crippen LogP contribution in [0.15, 0.2) is 0 Å². The summed E-state index contributed by atoms with van der Waals surface area (Å²) in [5.41, 5.74) is 1.98. The minimum atomic E-state index is 0.630. The zero-order valence-electron chi connectivity index (χ0n) is 13.5. The molecule has 1 nitrogen and oxygen atoms in total. The second kappa shape index (κ2) is 3.40. The van der Waals surface area contributed by atoms with Crippen LogP contribution in [0.1, 0.15) is 65.2 Å². The molecule has 0 saturated heterocycles. The van der Waals surface area contributed by atoms with Gasteiger partial charge in [-0.25, -0.2) is 0 Å². The highest BCUT2D eigenvalue weighted by molar-refractivity contribution is 5.12. The lowest BCUT2D eigenvalue weighted by Crippen LogP contribution is -2.71. The molecule has 0 aromatic carbocycles. The fourth-order valence-corrected chi connectivity index (χ4v) is 7.20. The van der Waals surface area contributed by atoms with E-state index in [1.807, 2.05) is 0 Å². The van der Waals surface area contributed by atoms with Crippen LogP contribution >= 0.6 is 0 Å². The van der Waals surface area contributed by atoms with E-state index in [-0.39, 0.29) is 0 Å². The standard InChI is InChI=1S/C18H32N/c1-16-7-15-8-17(2,11-16)13-18(9-15,12-16)19(3,4)10-14-5-6-14/h14-15H,5-13H2,1-4H3/q+1. The number of nitrogens with zero attached hydrogens (tertiary/aromatic N) is 1. The molecule has 0 aromatic rings. The molecule has 0 heterocycles. The van der Waals surface area contributed by atoms with Gasteiger partial charge in [0.25, 0.3) is 0 Å². The Labute approximate surface area is 119 Å². The van der Waals surface area contributed by atoms with E-state index in [9.17, 15) is 0 Å².